The minimum Gasteiger partial charge on any atom is -0.496 e. The molecular weight excluding hydrogens is 467 g/mol. The van der Waals surface area contributed by atoms with Crippen LogP contribution in [0.25, 0.3) is 0 Å². The highest BCUT2D eigenvalue weighted by atomic mass is 127. The first-order valence-corrected chi connectivity index (χ1v) is 10.2. The van der Waals surface area contributed by atoms with E-state index in [1.807, 2.05) is 31.3 Å². The quantitative estimate of drug-likeness (QED) is 0.248. The van der Waals surface area contributed by atoms with Crippen molar-refractivity contribution >= 4 is 29.9 Å². The molecule has 2 fully saturated rings. The van der Waals surface area contributed by atoms with Crippen LogP contribution in [0, 0.1) is 0 Å². The molecule has 2 N–H and O–H groups in total. The number of hydrogen-bond acceptors (Lipinski definition) is 4. The van der Waals surface area contributed by atoms with Crippen LogP contribution in [0.3, 0.4) is 0 Å². The van der Waals surface area contributed by atoms with Gasteiger partial charge in [-0.1, -0.05) is 31.0 Å². The molecule has 6 nitrogen and oxygen atoms in total. The van der Waals surface area contributed by atoms with Crippen molar-refractivity contribution in [3.05, 3.63) is 29.8 Å². The Morgan fingerprint density at radius 1 is 1.21 bits per heavy atom. The van der Waals surface area contributed by atoms with Gasteiger partial charge in [-0.25, -0.2) is 0 Å². The van der Waals surface area contributed by atoms with Gasteiger partial charge in [0, 0.05) is 44.3 Å². The molecule has 1 aliphatic carbocycles. The maximum atomic E-state index is 5.78. The van der Waals surface area contributed by atoms with Gasteiger partial charge < -0.3 is 20.1 Å². The Bertz CT molecular complexity index is 608. The molecule has 7 heteroatoms. The summed E-state index contributed by atoms with van der Waals surface area (Å²) in [5.74, 6) is 1.74. The first-order chi connectivity index (χ1) is 13.3. The molecule has 0 spiro atoms. The van der Waals surface area contributed by atoms with E-state index in [0.717, 1.165) is 36.4 Å². The van der Waals surface area contributed by atoms with Gasteiger partial charge in [-0.2, -0.15) is 0 Å². The number of methoxy groups -OCH3 is 1. The van der Waals surface area contributed by atoms with E-state index in [9.17, 15) is 0 Å². The predicted molar refractivity (Wildman–Crippen MR) is 125 cm³/mol. The molecule has 1 heterocycles. The van der Waals surface area contributed by atoms with Crippen LogP contribution in [0.4, 0.5) is 0 Å². The van der Waals surface area contributed by atoms with Crippen molar-refractivity contribution in [2.24, 2.45) is 4.99 Å². The van der Waals surface area contributed by atoms with Crippen LogP contribution in [-0.2, 0) is 11.3 Å². The fourth-order valence-corrected chi connectivity index (χ4v) is 4.14. The number of nitrogens with zero attached hydrogens (tertiary/aromatic N) is 2. The number of para-hydroxylation sites is 1. The van der Waals surface area contributed by atoms with Crippen molar-refractivity contribution in [1.82, 2.24) is 15.5 Å². The third-order valence-corrected chi connectivity index (χ3v) is 5.61. The van der Waals surface area contributed by atoms with Crippen molar-refractivity contribution in [3.63, 3.8) is 0 Å². The van der Waals surface area contributed by atoms with Gasteiger partial charge in [0.25, 0.3) is 0 Å². The lowest BCUT2D eigenvalue weighted by Gasteiger charge is -2.24. The zero-order valence-electron chi connectivity index (χ0n) is 17.2. The lowest BCUT2D eigenvalue weighted by molar-refractivity contribution is 0.123. The number of benzene rings is 1. The Labute approximate surface area is 186 Å². The van der Waals surface area contributed by atoms with Crippen molar-refractivity contribution in [3.8, 4) is 5.75 Å². The molecule has 1 aromatic rings. The average molecular weight is 502 g/mol. The second-order valence-electron chi connectivity index (χ2n) is 7.43. The van der Waals surface area contributed by atoms with Gasteiger partial charge in [0.2, 0.25) is 0 Å². The van der Waals surface area contributed by atoms with Crippen LogP contribution >= 0.6 is 24.0 Å². The lowest BCUT2D eigenvalue weighted by atomic mass is 10.2. The molecule has 2 aliphatic rings. The minimum absolute atomic E-state index is 0. The summed E-state index contributed by atoms with van der Waals surface area (Å²) in [5.41, 5.74) is 1.07. The Morgan fingerprint density at radius 2 is 2.00 bits per heavy atom. The second kappa shape index (κ2) is 12.5. The number of ether oxygens (including phenoxy) is 2. The van der Waals surface area contributed by atoms with Crippen molar-refractivity contribution in [2.45, 2.75) is 50.8 Å². The monoisotopic (exact) mass is 502 g/mol. The number of nitrogens with one attached hydrogen (secondary N) is 2. The number of likely N-dealkylation sites (tertiary alicyclic amines) is 1. The Balaban J connectivity index is 0.00000280. The maximum absolute atomic E-state index is 5.78. The molecule has 1 aromatic carbocycles. The molecule has 0 aromatic heterocycles. The highest BCUT2D eigenvalue weighted by Crippen LogP contribution is 2.26. The fraction of sp³-hybridized carbons (Fsp3) is 0.667. The summed E-state index contributed by atoms with van der Waals surface area (Å²) in [7, 11) is 3.52. The van der Waals surface area contributed by atoms with E-state index in [1.165, 1.54) is 38.6 Å². The minimum atomic E-state index is 0. The summed E-state index contributed by atoms with van der Waals surface area (Å²) in [6.45, 7) is 4.25. The van der Waals surface area contributed by atoms with Crippen LogP contribution in [0.5, 0.6) is 5.75 Å². The Hall–Kier alpha value is -1.06. The highest BCUT2D eigenvalue weighted by Gasteiger charge is 2.30. The lowest BCUT2D eigenvalue weighted by Crippen LogP contribution is -2.46. The molecule has 1 atom stereocenters. The van der Waals surface area contributed by atoms with Gasteiger partial charge in [0.1, 0.15) is 5.75 Å². The van der Waals surface area contributed by atoms with Crippen molar-refractivity contribution in [2.75, 3.05) is 40.4 Å². The van der Waals surface area contributed by atoms with E-state index in [-0.39, 0.29) is 24.0 Å². The molecule has 0 radical (unpaired) electrons. The van der Waals surface area contributed by atoms with Gasteiger partial charge in [0.15, 0.2) is 5.96 Å². The van der Waals surface area contributed by atoms with E-state index in [4.69, 9.17) is 9.47 Å². The predicted octanol–water partition coefficient (Wildman–Crippen LogP) is 3.01. The smallest absolute Gasteiger partial charge is 0.191 e. The summed E-state index contributed by atoms with van der Waals surface area (Å²) in [6, 6.07) is 9.27. The molecular formula is C21H35IN4O2. The van der Waals surface area contributed by atoms with E-state index < -0.39 is 0 Å². The number of hydrogen-bond donors (Lipinski definition) is 2. The van der Waals surface area contributed by atoms with E-state index in [2.05, 4.69) is 20.5 Å². The molecule has 1 unspecified atom stereocenters. The van der Waals surface area contributed by atoms with Crippen molar-refractivity contribution in [1.29, 1.82) is 0 Å². The Morgan fingerprint density at radius 3 is 2.75 bits per heavy atom. The maximum Gasteiger partial charge on any atom is 0.191 e. The molecule has 0 bridgehead atoms. The number of rotatable bonds is 8. The molecule has 0 amide bonds. The molecule has 1 aliphatic heterocycles. The summed E-state index contributed by atoms with van der Waals surface area (Å²) < 4.78 is 11.1. The molecule has 3 rings (SSSR count). The van der Waals surface area contributed by atoms with Gasteiger partial charge in [-0.3, -0.25) is 9.89 Å². The Kier molecular flexibility index (Phi) is 10.4. The van der Waals surface area contributed by atoms with Crippen LogP contribution in [0.15, 0.2) is 29.3 Å². The third-order valence-electron chi connectivity index (χ3n) is 5.61. The van der Waals surface area contributed by atoms with Gasteiger partial charge in [0.05, 0.1) is 20.3 Å². The van der Waals surface area contributed by atoms with Crippen LogP contribution in [0.1, 0.15) is 37.7 Å². The summed E-state index contributed by atoms with van der Waals surface area (Å²) >= 11 is 0. The first-order valence-electron chi connectivity index (χ1n) is 10.2. The van der Waals surface area contributed by atoms with Crippen LogP contribution in [-0.4, -0.2) is 63.3 Å². The number of aliphatic imine (C=N–C) groups is 1. The second-order valence-corrected chi connectivity index (χ2v) is 7.43. The fourth-order valence-electron chi connectivity index (χ4n) is 4.14. The molecule has 1 saturated heterocycles. The van der Waals surface area contributed by atoms with Crippen LogP contribution in [0.2, 0.25) is 0 Å². The van der Waals surface area contributed by atoms with E-state index >= 15 is 0 Å². The van der Waals surface area contributed by atoms with Gasteiger partial charge in [-0.15, -0.1) is 24.0 Å². The normalized spacial score (nSPS) is 20.8. The number of guanidine groups is 1. The van der Waals surface area contributed by atoms with Gasteiger partial charge >= 0.3 is 0 Å². The van der Waals surface area contributed by atoms with Crippen LogP contribution < -0.4 is 15.4 Å². The van der Waals surface area contributed by atoms with Gasteiger partial charge in [-0.05, 0) is 25.3 Å². The molecule has 28 heavy (non-hydrogen) atoms. The molecule has 1 saturated carbocycles. The largest absolute Gasteiger partial charge is 0.496 e. The zero-order valence-corrected chi connectivity index (χ0v) is 19.5. The summed E-state index contributed by atoms with van der Waals surface area (Å²) in [4.78, 5) is 7.02. The first kappa shape index (κ1) is 23.2. The number of halogens is 1. The van der Waals surface area contributed by atoms with Crippen molar-refractivity contribution < 1.29 is 9.47 Å². The molecule has 158 valence electrons. The highest BCUT2D eigenvalue weighted by molar-refractivity contribution is 14.0. The summed E-state index contributed by atoms with van der Waals surface area (Å²) in [6.07, 6.45) is 6.75. The topological polar surface area (TPSA) is 58.1 Å². The summed E-state index contributed by atoms with van der Waals surface area (Å²) in [5, 5.41) is 6.93. The van der Waals surface area contributed by atoms with E-state index in [1.54, 1.807) is 7.11 Å². The third kappa shape index (κ3) is 6.77. The average Bonchev–Trinajstić information content (AvgIpc) is 3.38. The standard InChI is InChI=1S/C21H34N4O2.HI/c1-22-21(24-18-11-13-25(15-18)19-8-4-5-9-19)23-12-14-27-16-17-7-3-6-10-20(17)26-2;/h3,6-7,10,18-19H,4-5,8-9,11-16H2,1-2H3,(H2,22,23,24);1H. The SMILES string of the molecule is CN=C(NCCOCc1ccccc1OC)NC1CCN(C2CCCC2)C1.I. The zero-order chi connectivity index (χ0) is 18.9. The van der Waals surface area contributed by atoms with E-state index in [0.29, 0.717) is 19.3 Å².